The predicted molar refractivity (Wildman–Crippen MR) is 123 cm³/mol. The number of urea groups is 1. The number of anilines is 1. The standard InChI is InChI=1S/C22H31ClN6O3/c1-27-7-9-28(10-8-27)20(30)6-5-18-13-24-21(31)19-12-17(14-29(18)19)26-22(32)25-16-4-2-3-15(23)11-16/h2-4,11,17-19H,5-10,12-14H2,1H3,(H,24,31)(H2,25,26,32)/t17-,18+,19-/m0/s1. The number of amides is 4. The van der Waals surface area contributed by atoms with Crippen LogP contribution in [0.2, 0.25) is 5.02 Å². The van der Waals surface area contributed by atoms with E-state index >= 15 is 0 Å². The van der Waals surface area contributed by atoms with Crippen LogP contribution in [0, 0.1) is 0 Å². The number of fused-ring (bicyclic) bond motifs is 1. The highest BCUT2D eigenvalue weighted by atomic mass is 35.5. The van der Waals surface area contributed by atoms with Crippen molar-refractivity contribution in [1.82, 2.24) is 25.3 Å². The number of piperazine rings is 2. The minimum atomic E-state index is -0.320. The van der Waals surface area contributed by atoms with E-state index in [-0.39, 0.29) is 36.0 Å². The van der Waals surface area contributed by atoms with Crippen molar-refractivity contribution in [2.45, 2.75) is 37.4 Å². The molecule has 1 aromatic carbocycles. The molecule has 0 spiro atoms. The van der Waals surface area contributed by atoms with E-state index in [4.69, 9.17) is 11.6 Å². The number of carbonyl (C=O) groups excluding carboxylic acids is 3. The third-order valence-corrected chi connectivity index (χ3v) is 6.82. The van der Waals surface area contributed by atoms with Gasteiger partial charge in [0.1, 0.15) is 0 Å². The molecule has 10 heteroatoms. The molecule has 3 aliphatic rings. The molecule has 3 saturated heterocycles. The van der Waals surface area contributed by atoms with Crippen LogP contribution in [0.25, 0.3) is 0 Å². The van der Waals surface area contributed by atoms with E-state index < -0.39 is 0 Å². The summed E-state index contributed by atoms with van der Waals surface area (Å²) in [5.74, 6) is 0.174. The zero-order valence-electron chi connectivity index (χ0n) is 18.3. The minimum Gasteiger partial charge on any atom is -0.353 e. The number of hydrogen-bond donors (Lipinski definition) is 3. The molecule has 0 aromatic heterocycles. The molecule has 3 aliphatic heterocycles. The Kier molecular flexibility index (Phi) is 7.17. The van der Waals surface area contributed by atoms with Crippen molar-refractivity contribution in [3.05, 3.63) is 29.3 Å². The first-order valence-corrected chi connectivity index (χ1v) is 11.6. The summed E-state index contributed by atoms with van der Waals surface area (Å²) in [6.07, 6.45) is 1.72. The van der Waals surface area contributed by atoms with Crippen LogP contribution < -0.4 is 16.0 Å². The fourth-order valence-corrected chi connectivity index (χ4v) is 4.96. The van der Waals surface area contributed by atoms with Crippen LogP contribution >= 0.6 is 11.6 Å². The molecule has 1 aromatic rings. The van der Waals surface area contributed by atoms with Crippen molar-refractivity contribution in [2.24, 2.45) is 0 Å². The van der Waals surface area contributed by atoms with E-state index in [1.807, 2.05) is 4.90 Å². The summed E-state index contributed by atoms with van der Waals surface area (Å²) in [6.45, 7) is 4.49. The normalized spacial score (nSPS) is 26.4. The topological polar surface area (TPSA) is 97.0 Å². The Hall–Kier alpha value is -2.36. The SMILES string of the molecule is CN1CCN(C(=O)CC[C@@H]2CNC(=O)[C@@H]3C[C@H](NC(=O)Nc4cccc(Cl)c4)CN23)CC1. The first-order chi connectivity index (χ1) is 15.4. The van der Waals surface area contributed by atoms with Gasteiger partial charge in [-0.2, -0.15) is 0 Å². The molecular formula is C22H31ClN6O3. The number of nitrogens with zero attached hydrogens (tertiary/aromatic N) is 3. The molecule has 4 amide bonds. The Morgan fingerprint density at radius 2 is 2.00 bits per heavy atom. The van der Waals surface area contributed by atoms with Gasteiger partial charge in [-0.1, -0.05) is 17.7 Å². The van der Waals surface area contributed by atoms with Crippen LogP contribution in [0.5, 0.6) is 0 Å². The molecule has 0 aliphatic carbocycles. The van der Waals surface area contributed by atoms with Gasteiger partial charge >= 0.3 is 6.03 Å². The molecule has 32 heavy (non-hydrogen) atoms. The molecule has 9 nitrogen and oxygen atoms in total. The maximum absolute atomic E-state index is 12.6. The van der Waals surface area contributed by atoms with Gasteiger partial charge in [0.15, 0.2) is 0 Å². The molecule has 3 heterocycles. The van der Waals surface area contributed by atoms with E-state index in [2.05, 4.69) is 32.8 Å². The summed E-state index contributed by atoms with van der Waals surface area (Å²) in [5.41, 5.74) is 0.615. The smallest absolute Gasteiger partial charge is 0.319 e. The summed E-state index contributed by atoms with van der Waals surface area (Å²) < 4.78 is 0. The number of likely N-dealkylation sites (N-methyl/N-ethyl adjacent to an activating group) is 1. The van der Waals surface area contributed by atoms with E-state index in [1.54, 1.807) is 24.3 Å². The Labute approximate surface area is 193 Å². The minimum absolute atomic E-state index is 0.00815. The van der Waals surface area contributed by atoms with Gasteiger partial charge in [0.05, 0.1) is 6.04 Å². The number of benzene rings is 1. The van der Waals surface area contributed by atoms with E-state index in [0.717, 1.165) is 26.2 Å². The second kappa shape index (κ2) is 10.1. The third kappa shape index (κ3) is 5.51. The van der Waals surface area contributed by atoms with E-state index in [1.165, 1.54) is 0 Å². The Morgan fingerprint density at radius 3 is 2.75 bits per heavy atom. The van der Waals surface area contributed by atoms with Gasteiger partial charge in [-0.15, -0.1) is 0 Å². The van der Waals surface area contributed by atoms with E-state index in [9.17, 15) is 14.4 Å². The van der Waals surface area contributed by atoms with Crippen molar-refractivity contribution in [3.63, 3.8) is 0 Å². The quantitative estimate of drug-likeness (QED) is 0.605. The molecule has 0 radical (unpaired) electrons. The predicted octanol–water partition coefficient (Wildman–Crippen LogP) is 0.957. The number of hydrogen-bond acceptors (Lipinski definition) is 5. The fourth-order valence-electron chi connectivity index (χ4n) is 4.77. The summed E-state index contributed by atoms with van der Waals surface area (Å²) in [7, 11) is 2.07. The van der Waals surface area contributed by atoms with Crippen LogP contribution in [0.4, 0.5) is 10.5 Å². The number of rotatable bonds is 5. The summed E-state index contributed by atoms with van der Waals surface area (Å²) >= 11 is 5.97. The summed E-state index contributed by atoms with van der Waals surface area (Å²) in [6, 6.07) is 6.32. The third-order valence-electron chi connectivity index (χ3n) is 6.59. The van der Waals surface area contributed by atoms with Gasteiger partial charge in [-0.05, 0) is 38.1 Å². The Morgan fingerprint density at radius 1 is 1.22 bits per heavy atom. The highest BCUT2D eigenvalue weighted by Crippen LogP contribution is 2.26. The molecule has 174 valence electrons. The lowest BCUT2D eigenvalue weighted by Crippen LogP contribution is -2.58. The maximum atomic E-state index is 12.6. The molecule has 3 N–H and O–H groups in total. The second-order valence-corrected chi connectivity index (χ2v) is 9.31. The summed E-state index contributed by atoms with van der Waals surface area (Å²) in [5, 5.41) is 9.28. The molecule has 3 fully saturated rings. The zero-order chi connectivity index (χ0) is 22.7. The highest BCUT2D eigenvalue weighted by Gasteiger charge is 2.43. The average molecular weight is 463 g/mol. The lowest BCUT2D eigenvalue weighted by Gasteiger charge is -2.38. The van der Waals surface area contributed by atoms with Gasteiger partial charge in [-0.3, -0.25) is 14.5 Å². The Balaban J connectivity index is 1.29. The van der Waals surface area contributed by atoms with Gasteiger partial charge in [0.2, 0.25) is 11.8 Å². The van der Waals surface area contributed by atoms with Gasteiger partial charge in [0.25, 0.3) is 0 Å². The molecular weight excluding hydrogens is 432 g/mol. The zero-order valence-corrected chi connectivity index (χ0v) is 19.1. The first-order valence-electron chi connectivity index (χ1n) is 11.2. The van der Waals surface area contributed by atoms with Crippen molar-refractivity contribution in [3.8, 4) is 0 Å². The lowest BCUT2D eigenvalue weighted by atomic mass is 10.0. The van der Waals surface area contributed by atoms with Crippen LogP contribution in [0.15, 0.2) is 24.3 Å². The summed E-state index contributed by atoms with van der Waals surface area (Å²) in [4.78, 5) is 43.8. The van der Waals surface area contributed by atoms with Crippen LogP contribution in [-0.4, -0.2) is 97.0 Å². The van der Waals surface area contributed by atoms with Crippen LogP contribution in [0.3, 0.4) is 0 Å². The van der Waals surface area contributed by atoms with Crippen molar-refractivity contribution < 1.29 is 14.4 Å². The maximum Gasteiger partial charge on any atom is 0.319 e. The van der Waals surface area contributed by atoms with Gasteiger partial charge in [-0.25, -0.2) is 4.79 Å². The molecule has 0 unspecified atom stereocenters. The van der Waals surface area contributed by atoms with Crippen molar-refractivity contribution >= 4 is 35.1 Å². The fraction of sp³-hybridized carbons (Fsp3) is 0.591. The monoisotopic (exact) mass is 462 g/mol. The number of halogens is 1. The molecule has 0 saturated carbocycles. The Bertz CT molecular complexity index is 860. The number of nitrogens with one attached hydrogen (secondary N) is 3. The highest BCUT2D eigenvalue weighted by molar-refractivity contribution is 6.30. The number of carbonyl (C=O) groups is 3. The molecule has 4 rings (SSSR count). The second-order valence-electron chi connectivity index (χ2n) is 8.88. The van der Waals surface area contributed by atoms with E-state index in [0.29, 0.717) is 43.1 Å². The average Bonchev–Trinajstić information content (AvgIpc) is 3.18. The van der Waals surface area contributed by atoms with Gasteiger partial charge < -0.3 is 25.8 Å². The largest absolute Gasteiger partial charge is 0.353 e. The van der Waals surface area contributed by atoms with Gasteiger partial charge in [0, 0.05) is 68.5 Å². The van der Waals surface area contributed by atoms with Crippen molar-refractivity contribution in [2.75, 3.05) is 51.6 Å². The lowest BCUT2D eigenvalue weighted by molar-refractivity contribution is -0.133. The molecule has 3 atom stereocenters. The van der Waals surface area contributed by atoms with Crippen LogP contribution in [0.1, 0.15) is 19.3 Å². The van der Waals surface area contributed by atoms with Crippen molar-refractivity contribution in [1.29, 1.82) is 0 Å². The first kappa shape index (κ1) is 22.8. The van der Waals surface area contributed by atoms with Crippen LogP contribution in [-0.2, 0) is 9.59 Å². The molecule has 0 bridgehead atoms.